The summed E-state index contributed by atoms with van der Waals surface area (Å²) in [4.78, 5) is 29.0. The van der Waals surface area contributed by atoms with Crippen molar-refractivity contribution in [3.05, 3.63) is 107 Å². The van der Waals surface area contributed by atoms with Gasteiger partial charge in [-0.3, -0.25) is 14.6 Å². The molecule has 2 amide bonds. The fourth-order valence-electron chi connectivity index (χ4n) is 3.18. The van der Waals surface area contributed by atoms with Crippen molar-refractivity contribution in [2.45, 2.75) is 13.5 Å². The molecule has 4 aromatic rings. The van der Waals surface area contributed by atoms with Crippen molar-refractivity contribution in [3.8, 4) is 0 Å². The van der Waals surface area contributed by atoms with Gasteiger partial charge in [0.05, 0.1) is 0 Å². The highest BCUT2D eigenvalue weighted by atomic mass is 16.2. The zero-order chi connectivity index (χ0) is 20.9. The zero-order valence-electron chi connectivity index (χ0n) is 16.6. The molecule has 0 fully saturated rings. The average molecular weight is 395 g/mol. The van der Waals surface area contributed by atoms with Gasteiger partial charge < -0.3 is 10.6 Å². The van der Waals surface area contributed by atoms with Gasteiger partial charge in [-0.05, 0) is 60.3 Å². The maximum absolute atomic E-state index is 12.5. The number of hydrogen-bond acceptors (Lipinski definition) is 3. The lowest BCUT2D eigenvalue weighted by atomic mass is 10.1. The summed E-state index contributed by atoms with van der Waals surface area (Å²) < 4.78 is 0. The number of benzene rings is 3. The molecule has 148 valence electrons. The van der Waals surface area contributed by atoms with Gasteiger partial charge in [-0.25, -0.2) is 0 Å². The van der Waals surface area contributed by atoms with Crippen LogP contribution < -0.4 is 10.6 Å². The highest BCUT2D eigenvalue weighted by molar-refractivity contribution is 6.04. The Morgan fingerprint density at radius 2 is 1.63 bits per heavy atom. The third-order valence-corrected chi connectivity index (χ3v) is 4.85. The Morgan fingerprint density at radius 3 is 2.47 bits per heavy atom. The lowest BCUT2D eigenvalue weighted by molar-refractivity contribution is 0.0950. The molecule has 1 heterocycles. The number of carbonyl (C=O) groups excluding carboxylic acids is 2. The summed E-state index contributed by atoms with van der Waals surface area (Å²) in [5, 5.41) is 7.79. The van der Waals surface area contributed by atoms with Crippen molar-refractivity contribution >= 4 is 28.3 Å². The van der Waals surface area contributed by atoms with E-state index in [1.54, 1.807) is 30.6 Å². The Labute approximate surface area is 174 Å². The van der Waals surface area contributed by atoms with Crippen molar-refractivity contribution < 1.29 is 9.59 Å². The lowest BCUT2D eigenvalue weighted by Crippen LogP contribution is -2.22. The van der Waals surface area contributed by atoms with E-state index in [0.29, 0.717) is 23.4 Å². The van der Waals surface area contributed by atoms with Crippen LogP contribution in [0.2, 0.25) is 0 Å². The number of anilines is 1. The molecule has 0 aliphatic heterocycles. The van der Waals surface area contributed by atoms with Crippen LogP contribution in [0, 0.1) is 6.92 Å². The van der Waals surface area contributed by atoms with Crippen molar-refractivity contribution in [1.29, 1.82) is 0 Å². The number of amides is 2. The van der Waals surface area contributed by atoms with Gasteiger partial charge in [0.15, 0.2) is 0 Å². The number of nitrogens with zero attached hydrogens (tertiary/aromatic N) is 1. The van der Waals surface area contributed by atoms with E-state index >= 15 is 0 Å². The summed E-state index contributed by atoms with van der Waals surface area (Å²) in [5.41, 5.74) is 3.87. The summed E-state index contributed by atoms with van der Waals surface area (Å²) in [6.07, 6.45) is 3.47. The minimum Gasteiger partial charge on any atom is -0.348 e. The molecule has 0 unspecified atom stereocenters. The number of nitrogens with one attached hydrogen (secondary N) is 2. The summed E-state index contributed by atoms with van der Waals surface area (Å²) >= 11 is 0. The molecule has 0 spiro atoms. The SMILES string of the molecule is Cc1ccc(C(=O)Nc2cccc(CNC(=O)c3ccc4ccncc4c3)c2)cc1. The van der Waals surface area contributed by atoms with Crippen LogP contribution in [0.5, 0.6) is 0 Å². The Morgan fingerprint density at radius 1 is 0.833 bits per heavy atom. The number of aromatic nitrogens is 1. The smallest absolute Gasteiger partial charge is 0.255 e. The van der Waals surface area contributed by atoms with Crippen LogP contribution in [0.15, 0.2) is 85.2 Å². The number of pyridine rings is 1. The van der Waals surface area contributed by atoms with E-state index in [4.69, 9.17) is 0 Å². The van der Waals surface area contributed by atoms with Crippen LogP contribution in [-0.4, -0.2) is 16.8 Å². The Bertz CT molecular complexity index is 1220. The molecule has 5 nitrogen and oxygen atoms in total. The van der Waals surface area contributed by atoms with Gasteiger partial charge in [0.2, 0.25) is 0 Å². The highest BCUT2D eigenvalue weighted by Gasteiger charge is 2.08. The third kappa shape index (κ3) is 4.52. The molecule has 4 rings (SSSR count). The third-order valence-electron chi connectivity index (χ3n) is 4.85. The highest BCUT2D eigenvalue weighted by Crippen LogP contribution is 2.16. The molecule has 0 aliphatic rings. The number of hydrogen-bond donors (Lipinski definition) is 2. The van der Waals surface area contributed by atoms with Gasteiger partial charge in [-0.1, -0.05) is 35.9 Å². The van der Waals surface area contributed by atoms with E-state index in [1.165, 1.54) is 0 Å². The van der Waals surface area contributed by atoms with Crippen molar-refractivity contribution in [2.75, 3.05) is 5.32 Å². The summed E-state index contributed by atoms with van der Waals surface area (Å²) in [5.74, 6) is -0.323. The molecular formula is C25H21N3O2. The topological polar surface area (TPSA) is 71.1 Å². The molecule has 30 heavy (non-hydrogen) atoms. The molecule has 5 heteroatoms. The molecule has 0 saturated heterocycles. The van der Waals surface area contributed by atoms with E-state index < -0.39 is 0 Å². The van der Waals surface area contributed by atoms with Crippen molar-refractivity contribution in [2.24, 2.45) is 0 Å². The van der Waals surface area contributed by atoms with E-state index in [1.807, 2.05) is 61.5 Å². The van der Waals surface area contributed by atoms with Gasteiger partial charge >= 0.3 is 0 Å². The minimum absolute atomic E-state index is 0.158. The number of rotatable bonds is 5. The molecule has 3 aromatic carbocycles. The quantitative estimate of drug-likeness (QED) is 0.513. The Hall–Kier alpha value is -3.99. The van der Waals surface area contributed by atoms with Crippen LogP contribution in [0.25, 0.3) is 10.8 Å². The number of fused-ring (bicyclic) bond motifs is 1. The molecule has 0 aliphatic carbocycles. The normalized spacial score (nSPS) is 10.6. The monoisotopic (exact) mass is 395 g/mol. The minimum atomic E-state index is -0.166. The predicted molar refractivity (Wildman–Crippen MR) is 118 cm³/mol. The summed E-state index contributed by atoms with van der Waals surface area (Å²) in [6, 6.07) is 22.3. The summed E-state index contributed by atoms with van der Waals surface area (Å²) in [7, 11) is 0. The summed E-state index contributed by atoms with van der Waals surface area (Å²) in [6.45, 7) is 2.34. The van der Waals surface area contributed by atoms with Crippen LogP contribution >= 0.6 is 0 Å². The first-order valence-electron chi connectivity index (χ1n) is 9.67. The van der Waals surface area contributed by atoms with Crippen LogP contribution in [0.3, 0.4) is 0 Å². The van der Waals surface area contributed by atoms with E-state index in [0.717, 1.165) is 21.9 Å². The fourth-order valence-corrected chi connectivity index (χ4v) is 3.18. The molecular weight excluding hydrogens is 374 g/mol. The molecule has 0 atom stereocenters. The fraction of sp³-hybridized carbons (Fsp3) is 0.0800. The lowest BCUT2D eigenvalue weighted by Gasteiger charge is -2.09. The van der Waals surface area contributed by atoms with E-state index in [2.05, 4.69) is 15.6 Å². The Balaban J connectivity index is 1.40. The van der Waals surface area contributed by atoms with E-state index in [-0.39, 0.29) is 11.8 Å². The van der Waals surface area contributed by atoms with E-state index in [9.17, 15) is 9.59 Å². The zero-order valence-corrected chi connectivity index (χ0v) is 16.6. The second-order valence-electron chi connectivity index (χ2n) is 7.14. The molecule has 0 radical (unpaired) electrons. The molecule has 2 N–H and O–H groups in total. The Kier molecular flexibility index (Phi) is 5.52. The van der Waals surface area contributed by atoms with Crippen LogP contribution in [-0.2, 0) is 6.54 Å². The average Bonchev–Trinajstić information content (AvgIpc) is 2.78. The van der Waals surface area contributed by atoms with Gasteiger partial charge in [0, 0.05) is 41.1 Å². The molecule has 0 bridgehead atoms. The largest absolute Gasteiger partial charge is 0.348 e. The van der Waals surface area contributed by atoms with Crippen LogP contribution in [0.1, 0.15) is 31.8 Å². The second-order valence-corrected chi connectivity index (χ2v) is 7.14. The molecule has 1 aromatic heterocycles. The first-order valence-corrected chi connectivity index (χ1v) is 9.67. The second kappa shape index (κ2) is 8.57. The maximum atomic E-state index is 12.5. The number of carbonyl (C=O) groups is 2. The predicted octanol–water partition coefficient (Wildman–Crippen LogP) is 4.73. The number of aryl methyl sites for hydroxylation is 1. The standard InChI is InChI=1S/C25H21N3O2/c1-17-5-7-20(8-6-17)25(30)28-23-4-2-3-18(13-23)15-27-24(29)21-10-9-19-11-12-26-16-22(19)14-21/h2-14,16H,15H2,1H3,(H,27,29)(H,28,30). The first kappa shape index (κ1) is 19.3. The van der Waals surface area contributed by atoms with Gasteiger partial charge in [-0.15, -0.1) is 0 Å². The van der Waals surface area contributed by atoms with Crippen molar-refractivity contribution in [1.82, 2.24) is 10.3 Å². The van der Waals surface area contributed by atoms with Crippen LogP contribution in [0.4, 0.5) is 5.69 Å². The van der Waals surface area contributed by atoms with Gasteiger partial charge in [-0.2, -0.15) is 0 Å². The maximum Gasteiger partial charge on any atom is 0.255 e. The van der Waals surface area contributed by atoms with Gasteiger partial charge in [0.25, 0.3) is 11.8 Å². The molecule has 0 saturated carbocycles. The van der Waals surface area contributed by atoms with Gasteiger partial charge in [0.1, 0.15) is 0 Å². The first-order chi connectivity index (χ1) is 14.6. The van der Waals surface area contributed by atoms with Crippen molar-refractivity contribution in [3.63, 3.8) is 0 Å².